The number of alkyl halides is 2. The molecule has 6 rings (SSSR count). The molecule has 4 heterocycles. The van der Waals surface area contributed by atoms with E-state index in [4.69, 9.17) is 9.72 Å². The third-order valence-corrected chi connectivity index (χ3v) is 9.95. The fourth-order valence-electron chi connectivity index (χ4n) is 6.47. The van der Waals surface area contributed by atoms with Crippen molar-refractivity contribution in [2.45, 2.75) is 56.5 Å². The van der Waals surface area contributed by atoms with Gasteiger partial charge in [0.15, 0.2) is 0 Å². The Morgan fingerprint density at radius 2 is 1.92 bits per heavy atom. The zero-order valence-corrected chi connectivity index (χ0v) is 21.3. The molecule has 3 aliphatic heterocycles. The van der Waals surface area contributed by atoms with Crippen molar-refractivity contribution >= 4 is 26.9 Å². The Kier molecular flexibility index (Phi) is 6.17. The van der Waals surface area contributed by atoms with Gasteiger partial charge >= 0.3 is 0 Å². The first-order valence-corrected chi connectivity index (χ1v) is 14.7. The molecule has 0 radical (unpaired) electrons. The molecule has 2 aromatic rings. The van der Waals surface area contributed by atoms with Crippen LogP contribution in [0.1, 0.15) is 55.6 Å². The van der Waals surface area contributed by atoms with Crippen LogP contribution in [0.15, 0.2) is 18.3 Å². The molecule has 36 heavy (non-hydrogen) atoms. The Labute approximate surface area is 210 Å². The van der Waals surface area contributed by atoms with E-state index >= 15 is 0 Å². The second-order valence-electron chi connectivity index (χ2n) is 11.1. The Hall–Kier alpha value is -1.95. The first-order valence-electron chi connectivity index (χ1n) is 12.8. The summed E-state index contributed by atoms with van der Waals surface area (Å²) in [5.74, 6) is 0.682. The maximum atomic E-state index is 13.7. The van der Waals surface area contributed by atoms with Crippen LogP contribution in [0, 0.1) is 5.41 Å². The van der Waals surface area contributed by atoms with Crippen molar-refractivity contribution in [3.05, 3.63) is 29.5 Å². The summed E-state index contributed by atoms with van der Waals surface area (Å²) < 4.78 is 57.9. The molecule has 1 spiro atoms. The topological polar surface area (TPSA) is 87.7 Å². The fraction of sp³-hybridized carbons (Fsp3) is 0.680. The monoisotopic (exact) mass is 521 g/mol. The van der Waals surface area contributed by atoms with Crippen LogP contribution in [0.3, 0.4) is 0 Å². The predicted octanol–water partition coefficient (Wildman–Crippen LogP) is 3.37. The van der Waals surface area contributed by atoms with Gasteiger partial charge in [0, 0.05) is 42.8 Å². The van der Waals surface area contributed by atoms with Crippen LogP contribution in [0.25, 0.3) is 10.9 Å². The van der Waals surface area contributed by atoms with E-state index in [9.17, 15) is 17.2 Å². The molecule has 1 aromatic carbocycles. The van der Waals surface area contributed by atoms with Gasteiger partial charge in [0.25, 0.3) is 6.43 Å². The minimum Gasteiger partial charge on any atom is -0.378 e. The van der Waals surface area contributed by atoms with Gasteiger partial charge in [-0.2, -0.15) is 0 Å². The largest absolute Gasteiger partial charge is 0.378 e. The molecule has 3 saturated heterocycles. The molecular formula is C25H33F2N5O3S. The lowest BCUT2D eigenvalue weighted by Crippen LogP contribution is -2.49. The van der Waals surface area contributed by atoms with Gasteiger partial charge in [0.05, 0.1) is 31.0 Å². The molecule has 4 aliphatic rings. The third kappa shape index (κ3) is 4.59. The van der Waals surface area contributed by atoms with E-state index < -0.39 is 16.4 Å². The minimum atomic E-state index is -3.19. The number of hydrogen-bond donors (Lipinski definition) is 1. The van der Waals surface area contributed by atoms with Crippen molar-refractivity contribution in [1.82, 2.24) is 19.2 Å². The highest BCUT2D eigenvalue weighted by molar-refractivity contribution is 7.88. The molecule has 1 saturated carbocycles. The maximum absolute atomic E-state index is 13.7. The average Bonchev–Trinajstić information content (AvgIpc) is 3.21. The van der Waals surface area contributed by atoms with Gasteiger partial charge in [-0.3, -0.25) is 4.90 Å². The lowest BCUT2D eigenvalue weighted by molar-refractivity contribution is -0.0634. The van der Waals surface area contributed by atoms with Gasteiger partial charge in [-0.25, -0.2) is 31.5 Å². The second kappa shape index (κ2) is 9.11. The van der Waals surface area contributed by atoms with Crippen LogP contribution in [0.4, 0.5) is 14.7 Å². The number of piperidine rings is 1. The van der Waals surface area contributed by atoms with Crippen LogP contribution in [-0.2, 0) is 14.8 Å². The molecule has 0 amide bonds. The molecule has 1 aliphatic carbocycles. The quantitative estimate of drug-likeness (QED) is 0.624. The highest BCUT2D eigenvalue weighted by atomic mass is 32.2. The number of ether oxygens (including phenoxy) is 1. The number of likely N-dealkylation sites (tertiary alicyclic amines) is 1. The normalized spacial score (nSPS) is 28.6. The summed E-state index contributed by atoms with van der Waals surface area (Å²) in [6.45, 7) is 4.72. The van der Waals surface area contributed by atoms with Crippen molar-refractivity contribution in [2.75, 3.05) is 51.0 Å². The van der Waals surface area contributed by atoms with Crippen molar-refractivity contribution in [3.8, 4) is 0 Å². The van der Waals surface area contributed by atoms with Crippen molar-refractivity contribution in [3.63, 3.8) is 0 Å². The molecular weight excluding hydrogens is 488 g/mol. The number of hydrogen-bond acceptors (Lipinski definition) is 7. The SMILES string of the molecule is CS(=O)(=O)N1CCC(Nc2ncc3cc(C(F)F)cc(C4CC5(CCN(C6COC6)C5)C4)c3n2)CC1. The van der Waals surface area contributed by atoms with Gasteiger partial charge in [0.2, 0.25) is 16.0 Å². The number of benzene rings is 1. The molecule has 0 atom stereocenters. The maximum Gasteiger partial charge on any atom is 0.263 e. The van der Waals surface area contributed by atoms with Crippen LogP contribution >= 0.6 is 0 Å². The highest BCUT2D eigenvalue weighted by Crippen LogP contribution is 2.57. The fourth-order valence-corrected chi connectivity index (χ4v) is 7.35. The lowest BCUT2D eigenvalue weighted by Gasteiger charge is -2.47. The predicted molar refractivity (Wildman–Crippen MR) is 133 cm³/mol. The molecule has 0 bridgehead atoms. The first-order chi connectivity index (χ1) is 17.2. The summed E-state index contributed by atoms with van der Waals surface area (Å²) in [4.78, 5) is 11.7. The molecule has 8 nitrogen and oxygen atoms in total. The zero-order chi connectivity index (χ0) is 25.1. The average molecular weight is 522 g/mol. The summed E-state index contributed by atoms with van der Waals surface area (Å²) in [6, 6.07) is 3.76. The van der Waals surface area contributed by atoms with E-state index in [2.05, 4.69) is 15.2 Å². The molecule has 1 N–H and O–H groups in total. The van der Waals surface area contributed by atoms with Gasteiger partial charge < -0.3 is 10.1 Å². The molecule has 11 heteroatoms. The summed E-state index contributed by atoms with van der Waals surface area (Å²) in [5.41, 5.74) is 1.94. The minimum absolute atomic E-state index is 0.0237. The van der Waals surface area contributed by atoms with E-state index in [-0.39, 0.29) is 22.9 Å². The number of nitrogens with zero attached hydrogens (tertiary/aromatic N) is 4. The highest BCUT2D eigenvalue weighted by Gasteiger charge is 2.50. The van der Waals surface area contributed by atoms with E-state index in [0.717, 1.165) is 56.6 Å². The molecule has 1 aromatic heterocycles. The van der Waals surface area contributed by atoms with Gasteiger partial charge in [-0.15, -0.1) is 0 Å². The van der Waals surface area contributed by atoms with E-state index in [0.29, 0.717) is 43.3 Å². The van der Waals surface area contributed by atoms with Crippen LogP contribution < -0.4 is 5.32 Å². The van der Waals surface area contributed by atoms with E-state index in [1.807, 2.05) is 0 Å². The number of anilines is 1. The van der Waals surface area contributed by atoms with Crippen LogP contribution in [-0.4, -0.2) is 85.3 Å². The summed E-state index contributed by atoms with van der Waals surface area (Å²) >= 11 is 0. The summed E-state index contributed by atoms with van der Waals surface area (Å²) in [5, 5.41) is 3.99. The zero-order valence-electron chi connectivity index (χ0n) is 20.5. The molecule has 4 fully saturated rings. The first kappa shape index (κ1) is 24.4. The van der Waals surface area contributed by atoms with Crippen LogP contribution in [0.5, 0.6) is 0 Å². The third-order valence-electron chi connectivity index (χ3n) is 8.65. The Bertz CT molecular complexity index is 1240. The summed E-state index contributed by atoms with van der Waals surface area (Å²) in [6.07, 6.45) is 4.80. The van der Waals surface area contributed by atoms with E-state index in [1.54, 1.807) is 12.3 Å². The number of halogens is 2. The number of fused-ring (bicyclic) bond motifs is 1. The van der Waals surface area contributed by atoms with Crippen molar-refractivity contribution < 1.29 is 21.9 Å². The number of aromatic nitrogens is 2. The van der Waals surface area contributed by atoms with Crippen molar-refractivity contribution in [2.24, 2.45) is 5.41 Å². The number of sulfonamides is 1. The van der Waals surface area contributed by atoms with E-state index in [1.165, 1.54) is 16.6 Å². The van der Waals surface area contributed by atoms with Gasteiger partial charge in [-0.05, 0) is 67.7 Å². The van der Waals surface area contributed by atoms with Gasteiger partial charge in [-0.1, -0.05) is 0 Å². The second-order valence-corrected chi connectivity index (χ2v) is 13.1. The molecule has 196 valence electrons. The Morgan fingerprint density at radius 1 is 1.17 bits per heavy atom. The smallest absolute Gasteiger partial charge is 0.263 e. The molecule has 0 unspecified atom stereocenters. The Morgan fingerprint density at radius 3 is 2.56 bits per heavy atom. The lowest BCUT2D eigenvalue weighted by atomic mass is 9.59. The number of rotatable bonds is 6. The number of nitrogens with one attached hydrogen (secondary N) is 1. The summed E-state index contributed by atoms with van der Waals surface area (Å²) in [7, 11) is -3.19. The van der Waals surface area contributed by atoms with Crippen molar-refractivity contribution in [1.29, 1.82) is 0 Å². The van der Waals surface area contributed by atoms with Gasteiger partial charge in [0.1, 0.15) is 0 Å². The van der Waals surface area contributed by atoms with Crippen LogP contribution in [0.2, 0.25) is 0 Å². The standard InChI is InChI=1S/C25H33F2N5O3S/c1-36(33,34)32-5-2-19(3-6-32)29-24-28-12-17-8-16(23(26)27)9-21(22(17)30-24)18-10-25(11-18)4-7-31(15-25)20-13-35-14-20/h8-9,12,18-20,23H,2-7,10-11,13-15H2,1H3,(H,28,29,30). The Balaban J connectivity index is 1.20.